The Morgan fingerprint density at radius 3 is 1.38 bits per heavy atom. The molecule has 0 saturated carbocycles. The highest BCUT2D eigenvalue weighted by atomic mass is 15.0. The lowest BCUT2D eigenvalue weighted by molar-refractivity contribution is 1.07. The van der Waals surface area contributed by atoms with Gasteiger partial charge < -0.3 is 4.57 Å². The van der Waals surface area contributed by atoms with Crippen molar-refractivity contribution in [3.05, 3.63) is 206 Å². The monoisotopic (exact) mass is 706 g/mol. The maximum atomic E-state index is 9.08. The second-order valence-electron chi connectivity index (χ2n) is 13.4. The van der Waals surface area contributed by atoms with Gasteiger partial charge in [-0.3, -0.25) is 0 Å². The maximum absolute atomic E-state index is 9.08. The minimum absolute atomic E-state index is 0.0578. The second kappa shape index (κ2) is 13.8. The van der Waals surface area contributed by atoms with Crippen molar-refractivity contribution in [3.8, 4) is 73.2 Å². The Morgan fingerprint density at radius 1 is 0.327 bits per heavy atom. The van der Waals surface area contributed by atoms with E-state index in [1.54, 1.807) is 0 Å². The van der Waals surface area contributed by atoms with Crippen LogP contribution in [0.2, 0.25) is 0 Å². The van der Waals surface area contributed by atoms with Crippen molar-refractivity contribution >= 4 is 21.8 Å². The van der Waals surface area contributed by atoms with E-state index in [4.69, 9.17) is 20.4 Å². The molecule has 10 rings (SSSR count). The lowest BCUT2D eigenvalue weighted by Gasteiger charge is -2.11. The molecule has 2 heterocycles. The predicted molar refractivity (Wildman–Crippen MR) is 227 cm³/mol. The van der Waals surface area contributed by atoms with Gasteiger partial charge in [-0.05, 0) is 75.8 Å². The second-order valence-corrected chi connectivity index (χ2v) is 13.4. The largest absolute Gasteiger partial charge is 0.309 e. The molecule has 4 nitrogen and oxygen atoms in total. The van der Waals surface area contributed by atoms with Crippen LogP contribution in [0.1, 0.15) is 5.48 Å². The van der Waals surface area contributed by atoms with Gasteiger partial charge in [-0.1, -0.05) is 164 Å². The zero-order chi connectivity index (χ0) is 40.0. The molecular formula is C51H34N4. The third-order valence-electron chi connectivity index (χ3n) is 9.98. The molecule has 0 unspecified atom stereocenters. The van der Waals surface area contributed by atoms with E-state index < -0.39 is 0 Å². The van der Waals surface area contributed by atoms with E-state index >= 15 is 0 Å². The van der Waals surface area contributed by atoms with Gasteiger partial charge in [0.05, 0.1) is 16.5 Å². The highest BCUT2D eigenvalue weighted by molar-refractivity contribution is 6.10. The van der Waals surface area contributed by atoms with Crippen LogP contribution in [0.3, 0.4) is 0 Å². The summed E-state index contributed by atoms with van der Waals surface area (Å²) < 4.78 is 37.3. The van der Waals surface area contributed by atoms with E-state index in [-0.39, 0.29) is 24.2 Å². The van der Waals surface area contributed by atoms with E-state index in [2.05, 4.69) is 48.5 Å². The number of rotatable bonds is 7. The Hall–Kier alpha value is -7.43. The van der Waals surface area contributed by atoms with Crippen LogP contribution in [-0.4, -0.2) is 19.5 Å². The van der Waals surface area contributed by atoms with Gasteiger partial charge in [0.2, 0.25) is 0 Å². The summed E-state index contributed by atoms with van der Waals surface area (Å²) in [6, 6.07) is 60.2. The summed E-state index contributed by atoms with van der Waals surface area (Å²) in [6.07, 6.45) is 0. The van der Waals surface area contributed by atoms with Crippen molar-refractivity contribution in [3.63, 3.8) is 0 Å². The topological polar surface area (TPSA) is 43.6 Å². The summed E-state index contributed by atoms with van der Waals surface area (Å²) in [6.45, 7) is 0. The molecule has 4 heteroatoms. The van der Waals surface area contributed by atoms with Crippen molar-refractivity contribution in [1.82, 2.24) is 19.5 Å². The number of para-hydroxylation sites is 1. The average Bonchev–Trinajstić information content (AvgIpc) is 3.66. The van der Waals surface area contributed by atoms with Crippen LogP contribution >= 0.6 is 0 Å². The van der Waals surface area contributed by atoms with Gasteiger partial charge in [0.15, 0.2) is 17.5 Å². The molecule has 8 aromatic carbocycles. The molecule has 55 heavy (non-hydrogen) atoms. The fourth-order valence-corrected chi connectivity index (χ4v) is 7.26. The Balaban J connectivity index is 1.06. The summed E-state index contributed by atoms with van der Waals surface area (Å²) in [5, 5.41) is 1.25. The summed E-state index contributed by atoms with van der Waals surface area (Å²) in [7, 11) is 0. The van der Waals surface area contributed by atoms with Crippen LogP contribution in [0.25, 0.3) is 95.0 Å². The first-order valence-electron chi connectivity index (χ1n) is 20.2. The molecule has 0 aliphatic carbocycles. The molecule has 0 fully saturated rings. The molecule has 0 radical (unpaired) electrons. The molecule has 0 amide bonds. The molecule has 258 valence electrons. The third-order valence-corrected chi connectivity index (χ3v) is 9.98. The van der Waals surface area contributed by atoms with Crippen LogP contribution < -0.4 is 0 Å². The van der Waals surface area contributed by atoms with E-state index in [1.807, 2.05) is 138 Å². The van der Waals surface area contributed by atoms with Crippen molar-refractivity contribution in [1.29, 1.82) is 0 Å². The molecule has 2 aromatic heterocycles. The molecule has 0 atom stereocenters. The Morgan fingerprint density at radius 2 is 0.764 bits per heavy atom. The van der Waals surface area contributed by atoms with Crippen molar-refractivity contribution in [2.45, 2.75) is 0 Å². The minimum Gasteiger partial charge on any atom is -0.309 e. The summed E-state index contributed by atoms with van der Waals surface area (Å²) in [5.74, 6) is 1.77. The fourth-order valence-electron chi connectivity index (χ4n) is 7.26. The third kappa shape index (κ3) is 6.16. The molecule has 0 bridgehead atoms. The Labute approximate surface area is 325 Å². The first-order valence-corrected chi connectivity index (χ1v) is 18.2. The van der Waals surface area contributed by atoms with E-state index in [0.29, 0.717) is 28.4 Å². The molecule has 0 aliphatic rings. The first-order chi connectivity index (χ1) is 28.9. The van der Waals surface area contributed by atoms with Gasteiger partial charge in [-0.25, -0.2) is 15.0 Å². The van der Waals surface area contributed by atoms with Crippen LogP contribution in [0, 0.1) is 0 Å². The molecular weight excluding hydrogens is 669 g/mol. The van der Waals surface area contributed by atoms with E-state index in [9.17, 15) is 0 Å². The number of fused-ring (bicyclic) bond motifs is 3. The van der Waals surface area contributed by atoms with Crippen molar-refractivity contribution in [2.75, 3.05) is 0 Å². The van der Waals surface area contributed by atoms with Gasteiger partial charge >= 0.3 is 0 Å². The lowest BCUT2D eigenvalue weighted by atomic mass is 9.98. The van der Waals surface area contributed by atoms with E-state index in [1.165, 1.54) is 0 Å². The quantitative estimate of drug-likeness (QED) is 0.166. The normalized spacial score (nSPS) is 12.3. The van der Waals surface area contributed by atoms with Gasteiger partial charge in [0, 0.05) is 33.2 Å². The zero-order valence-electron chi connectivity index (χ0n) is 33.6. The SMILES string of the molecule is [2H]c1c([2H])c([2H])c2c(c1[2H])c1cc(-c3cccc(-c4ccccc4)c3)ccc1n2-c1ccc(-c2cccc(-c3nc(-c4ccccc4)nc(-c4ccccc4)n3)c2)cc1. The van der Waals surface area contributed by atoms with Crippen molar-refractivity contribution in [2.24, 2.45) is 0 Å². The summed E-state index contributed by atoms with van der Waals surface area (Å²) in [4.78, 5) is 14.7. The zero-order valence-corrected chi connectivity index (χ0v) is 29.6. The lowest BCUT2D eigenvalue weighted by Crippen LogP contribution is -2.00. The van der Waals surface area contributed by atoms with Crippen LogP contribution in [0.5, 0.6) is 0 Å². The van der Waals surface area contributed by atoms with Crippen LogP contribution in [-0.2, 0) is 0 Å². The van der Waals surface area contributed by atoms with E-state index in [0.717, 1.165) is 66.7 Å². The summed E-state index contributed by atoms with van der Waals surface area (Å²) >= 11 is 0. The van der Waals surface area contributed by atoms with Gasteiger partial charge in [-0.15, -0.1) is 0 Å². The smallest absolute Gasteiger partial charge is 0.164 e. The standard InChI is InChI=1S/C51H34N4/c1-4-14-35(15-5-1)39-20-12-22-41(32-39)42-28-31-48-46(34-42)45-24-10-11-25-47(45)55(48)44-29-26-36(27-30-44)40-21-13-23-43(33-40)51-53-49(37-16-6-2-7-17-37)52-50(54-51)38-18-8-3-9-19-38/h1-34H/i10D,11D,24D,25D. The molecule has 0 aliphatic heterocycles. The highest BCUT2D eigenvalue weighted by Crippen LogP contribution is 2.37. The van der Waals surface area contributed by atoms with Gasteiger partial charge in [0.1, 0.15) is 0 Å². The number of nitrogens with zero attached hydrogens (tertiary/aromatic N) is 4. The summed E-state index contributed by atoms with van der Waals surface area (Å²) in [5.41, 5.74) is 10.8. The molecule has 0 N–H and O–H groups in total. The highest BCUT2D eigenvalue weighted by Gasteiger charge is 2.15. The first kappa shape index (κ1) is 28.1. The number of hydrogen-bond acceptors (Lipinski definition) is 3. The van der Waals surface area contributed by atoms with Gasteiger partial charge in [0.25, 0.3) is 0 Å². The maximum Gasteiger partial charge on any atom is 0.164 e. The fraction of sp³-hybridized carbons (Fsp3) is 0. The Bertz CT molecular complexity index is 3130. The minimum atomic E-state index is -0.264. The molecule has 0 spiro atoms. The molecule has 10 aromatic rings. The van der Waals surface area contributed by atoms with Crippen LogP contribution in [0.15, 0.2) is 206 Å². The predicted octanol–water partition coefficient (Wildman–Crippen LogP) is 13.0. The Kier molecular flexibility index (Phi) is 7.08. The number of benzene rings is 8. The molecule has 0 saturated heterocycles. The average molecular weight is 707 g/mol. The van der Waals surface area contributed by atoms with Gasteiger partial charge in [-0.2, -0.15) is 0 Å². The van der Waals surface area contributed by atoms with Crippen molar-refractivity contribution < 1.29 is 5.48 Å². The number of aromatic nitrogens is 4. The number of hydrogen-bond donors (Lipinski definition) is 0. The van der Waals surface area contributed by atoms with Crippen LogP contribution in [0.4, 0.5) is 0 Å².